The van der Waals surface area contributed by atoms with Gasteiger partial charge in [0.15, 0.2) is 0 Å². The van der Waals surface area contributed by atoms with Crippen LogP contribution in [0.15, 0.2) is 121 Å². The van der Waals surface area contributed by atoms with Crippen molar-refractivity contribution in [2.24, 2.45) is 11.8 Å². The smallest absolute Gasteiger partial charge is 0.0543 e. The zero-order chi connectivity index (χ0) is 38.1. The Morgan fingerprint density at radius 3 is 1.95 bits per heavy atom. The summed E-state index contributed by atoms with van der Waals surface area (Å²) in [6.45, 7) is 4.92. The molecule has 288 valence electrons. The molecule has 0 spiro atoms. The SMILES string of the molecule is CC1(C)c2ccccc2-c2ccc(N(c3ccc(C4CC5CCC4C5)cc3)c3cccc4cc(C5CCCCC5)ccc34)c(-c3ccc(C4CCCCC4)cc3)c21. The molecule has 0 N–H and O–H groups in total. The van der Waals surface area contributed by atoms with Crippen molar-refractivity contribution in [1.29, 1.82) is 0 Å². The van der Waals surface area contributed by atoms with Gasteiger partial charge in [0, 0.05) is 22.1 Å². The third-order valence-corrected chi connectivity index (χ3v) is 15.7. The van der Waals surface area contributed by atoms with Crippen LogP contribution in [0, 0.1) is 11.8 Å². The summed E-state index contributed by atoms with van der Waals surface area (Å²) in [7, 11) is 0. The van der Waals surface area contributed by atoms with Crippen molar-refractivity contribution in [2.45, 2.75) is 127 Å². The normalized spacial score (nSPS) is 22.8. The number of nitrogens with zero attached hydrogens (tertiary/aromatic N) is 1. The second-order valence-corrected chi connectivity index (χ2v) is 19.3. The molecule has 0 aromatic heterocycles. The molecule has 0 amide bonds. The van der Waals surface area contributed by atoms with Gasteiger partial charge in [-0.25, -0.2) is 0 Å². The summed E-state index contributed by atoms with van der Waals surface area (Å²) >= 11 is 0. The Morgan fingerprint density at radius 1 is 0.526 bits per heavy atom. The molecule has 0 saturated heterocycles. The number of benzene rings is 6. The van der Waals surface area contributed by atoms with Gasteiger partial charge in [0.1, 0.15) is 0 Å². The Bertz CT molecular complexity index is 2420. The molecule has 6 aromatic rings. The van der Waals surface area contributed by atoms with E-state index in [1.165, 1.54) is 162 Å². The molecule has 3 atom stereocenters. The number of fused-ring (bicyclic) bond motifs is 6. The van der Waals surface area contributed by atoms with Gasteiger partial charge in [-0.1, -0.05) is 156 Å². The van der Waals surface area contributed by atoms with E-state index in [2.05, 4.69) is 140 Å². The van der Waals surface area contributed by atoms with Gasteiger partial charge in [-0.3, -0.25) is 0 Å². The molecule has 0 aliphatic heterocycles. The van der Waals surface area contributed by atoms with Crippen molar-refractivity contribution in [3.63, 3.8) is 0 Å². The minimum atomic E-state index is -0.149. The highest BCUT2D eigenvalue weighted by Crippen LogP contribution is 2.57. The third kappa shape index (κ3) is 6.09. The van der Waals surface area contributed by atoms with E-state index in [4.69, 9.17) is 0 Å². The summed E-state index contributed by atoms with van der Waals surface area (Å²) < 4.78 is 0. The first-order chi connectivity index (χ1) is 28.0. The van der Waals surface area contributed by atoms with Gasteiger partial charge < -0.3 is 4.90 Å². The average molecular weight is 746 g/mol. The van der Waals surface area contributed by atoms with Gasteiger partial charge in [-0.15, -0.1) is 0 Å². The summed E-state index contributed by atoms with van der Waals surface area (Å²) in [6.07, 6.45) is 19.2. The summed E-state index contributed by atoms with van der Waals surface area (Å²) in [5.74, 6) is 3.91. The van der Waals surface area contributed by atoms with Crippen LogP contribution in [-0.2, 0) is 5.41 Å². The van der Waals surface area contributed by atoms with Crippen molar-refractivity contribution < 1.29 is 0 Å². The van der Waals surface area contributed by atoms with Crippen LogP contribution >= 0.6 is 0 Å². The van der Waals surface area contributed by atoms with E-state index in [1.54, 1.807) is 5.56 Å². The van der Waals surface area contributed by atoms with Gasteiger partial charge in [-0.05, 0) is 149 Å². The summed E-state index contributed by atoms with van der Waals surface area (Å²) in [6, 6.07) is 48.4. The first kappa shape index (κ1) is 35.5. The van der Waals surface area contributed by atoms with Gasteiger partial charge in [-0.2, -0.15) is 0 Å². The molecule has 0 radical (unpaired) electrons. The molecule has 1 nitrogen and oxygen atoms in total. The second kappa shape index (κ2) is 14.3. The van der Waals surface area contributed by atoms with Gasteiger partial charge in [0.25, 0.3) is 0 Å². The lowest BCUT2D eigenvalue weighted by Crippen LogP contribution is -2.19. The molecular formula is C56H59N. The van der Waals surface area contributed by atoms with Crippen LogP contribution in [0.1, 0.15) is 149 Å². The average Bonchev–Trinajstić information content (AvgIpc) is 3.97. The van der Waals surface area contributed by atoms with Crippen LogP contribution in [0.5, 0.6) is 0 Å². The van der Waals surface area contributed by atoms with Crippen molar-refractivity contribution in [1.82, 2.24) is 0 Å². The molecule has 57 heavy (non-hydrogen) atoms. The fourth-order valence-electron chi connectivity index (χ4n) is 12.8. The zero-order valence-corrected chi connectivity index (χ0v) is 34.3. The fourth-order valence-corrected chi connectivity index (χ4v) is 12.8. The van der Waals surface area contributed by atoms with E-state index < -0.39 is 0 Å². The van der Waals surface area contributed by atoms with Crippen LogP contribution in [0.4, 0.5) is 17.1 Å². The monoisotopic (exact) mass is 745 g/mol. The molecule has 5 aliphatic carbocycles. The fraction of sp³-hybridized carbons (Fsp3) is 0.393. The molecule has 0 heterocycles. The Kier molecular flexibility index (Phi) is 8.94. The highest BCUT2D eigenvalue weighted by molar-refractivity contribution is 6.03. The van der Waals surface area contributed by atoms with Crippen molar-refractivity contribution in [3.8, 4) is 22.3 Å². The van der Waals surface area contributed by atoms with Crippen molar-refractivity contribution in [3.05, 3.63) is 149 Å². The van der Waals surface area contributed by atoms with E-state index in [0.29, 0.717) is 11.8 Å². The predicted molar refractivity (Wildman–Crippen MR) is 241 cm³/mol. The molecular weight excluding hydrogens is 687 g/mol. The Balaban J connectivity index is 1.11. The first-order valence-electron chi connectivity index (χ1n) is 22.8. The molecule has 4 fully saturated rings. The van der Waals surface area contributed by atoms with E-state index in [0.717, 1.165) is 17.8 Å². The van der Waals surface area contributed by atoms with Crippen LogP contribution in [0.25, 0.3) is 33.0 Å². The van der Waals surface area contributed by atoms with Gasteiger partial charge >= 0.3 is 0 Å². The number of hydrogen-bond donors (Lipinski definition) is 0. The Hall–Kier alpha value is -4.62. The molecule has 2 bridgehead atoms. The number of anilines is 3. The maximum atomic E-state index is 2.64. The summed E-state index contributed by atoms with van der Waals surface area (Å²) in [5.41, 5.74) is 16.6. The Labute approximate surface area is 341 Å². The largest absolute Gasteiger partial charge is 0.309 e. The summed E-state index contributed by atoms with van der Waals surface area (Å²) in [4.78, 5) is 2.64. The molecule has 5 aliphatic rings. The minimum Gasteiger partial charge on any atom is -0.309 e. The van der Waals surface area contributed by atoms with Crippen molar-refractivity contribution in [2.75, 3.05) is 4.90 Å². The molecule has 11 rings (SSSR count). The molecule has 1 heteroatoms. The Morgan fingerprint density at radius 2 is 1.23 bits per heavy atom. The van der Waals surface area contributed by atoms with E-state index >= 15 is 0 Å². The van der Waals surface area contributed by atoms with E-state index in [9.17, 15) is 0 Å². The lowest BCUT2D eigenvalue weighted by Gasteiger charge is -2.33. The van der Waals surface area contributed by atoms with Crippen LogP contribution in [-0.4, -0.2) is 0 Å². The van der Waals surface area contributed by atoms with Crippen LogP contribution < -0.4 is 4.90 Å². The first-order valence-corrected chi connectivity index (χ1v) is 22.8. The summed E-state index contributed by atoms with van der Waals surface area (Å²) in [5, 5.41) is 2.68. The lowest BCUT2D eigenvalue weighted by atomic mass is 9.77. The minimum absolute atomic E-state index is 0.149. The van der Waals surface area contributed by atoms with Crippen LogP contribution in [0.2, 0.25) is 0 Å². The van der Waals surface area contributed by atoms with E-state index in [-0.39, 0.29) is 5.41 Å². The highest BCUT2D eigenvalue weighted by atomic mass is 15.1. The molecule has 6 aromatic carbocycles. The van der Waals surface area contributed by atoms with E-state index in [1.807, 2.05) is 0 Å². The quantitative estimate of drug-likeness (QED) is 0.157. The maximum absolute atomic E-state index is 2.64. The molecule has 3 unspecified atom stereocenters. The van der Waals surface area contributed by atoms with Gasteiger partial charge in [0.2, 0.25) is 0 Å². The zero-order valence-electron chi connectivity index (χ0n) is 34.3. The topological polar surface area (TPSA) is 3.24 Å². The lowest BCUT2D eigenvalue weighted by molar-refractivity contribution is 0.420. The highest BCUT2D eigenvalue weighted by Gasteiger charge is 2.41. The molecule has 4 saturated carbocycles. The number of hydrogen-bond acceptors (Lipinski definition) is 1. The van der Waals surface area contributed by atoms with Gasteiger partial charge in [0.05, 0.1) is 11.4 Å². The van der Waals surface area contributed by atoms with Crippen LogP contribution in [0.3, 0.4) is 0 Å². The van der Waals surface area contributed by atoms with Crippen molar-refractivity contribution >= 4 is 27.8 Å². The third-order valence-electron chi connectivity index (χ3n) is 15.7. The predicted octanol–water partition coefficient (Wildman–Crippen LogP) is 16.3. The second-order valence-electron chi connectivity index (χ2n) is 19.3. The standard InChI is InChI=1S/C56H59N/c1-56(2)51-18-10-9-17-48(51)49-32-33-53(54(55(49)56)42-24-22-40(23-25-42)38-12-5-3-6-13-38)57(46-29-26-41(27-30-46)50-35-37-20-21-45(50)34-37)52-19-11-16-44-36-43(28-31-47(44)52)39-14-7-4-8-15-39/h9-11,16-19,22-33,36-39,45,50H,3-8,12-15,20-21,34-35H2,1-2H3. The number of rotatable bonds is 7. The maximum Gasteiger partial charge on any atom is 0.0543 e.